The first-order valence-corrected chi connectivity index (χ1v) is 7.07. The Kier molecular flexibility index (Phi) is 4.22. The van der Waals surface area contributed by atoms with Gasteiger partial charge >= 0.3 is 5.97 Å². The molecule has 0 atom stereocenters. The van der Waals surface area contributed by atoms with E-state index in [1.807, 2.05) is 17.5 Å². The number of hydrogen-bond acceptors (Lipinski definition) is 5. The molecular formula is C11H11NO3S2. The Bertz CT molecular complexity index is 479. The van der Waals surface area contributed by atoms with Crippen LogP contribution in [0.1, 0.15) is 12.1 Å². The average Bonchev–Trinajstić information content (AvgIpc) is 2.94. The maximum Gasteiger partial charge on any atom is 0.304 e. The molecule has 2 heterocycles. The minimum Gasteiger partial charge on any atom is -0.481 e. The lowest BCUT2D eigenvalue weighted by molar-refractivity contribution is -0.136. The summed E-state index contributed by atoms with van der Waals surface area (Å²) in [4.78, 5) is 15.7. The van der Waals surface area contributed by atoms with Gasteiger partial charge < -0.3 is 9.52 Å². The molecule has 17 heavy (non-hydrogen) atoms. The van der Waals surface area contributed by atoms with Gasteiger partial charge in [-0.25, -0.2) is 4.98 Å². The zero-order valence-electron chi connectivity index (χ0n) is 8.96. The van der Waals surface area contributed by atoms with E-state index >= 15 is 0 Å². The van der Waals surface area contributed by atoms with E-state index in [-0.39, 0.29) is 6.42 Å². The van der Waals surface area contributed by atoms with Crippen LogP contribution in [0.2, 0.25) is 0 Å². The van der Waals surface area contributed by atoms with Crippen molar-refractivity contribution in [3.05, 3.63) is 29.5 Å². The molecule has 0 bridgehead atoms. The molecule has 90 valence electrons. The molecule has 0 saturated heterocycles. The van der Waals surface area contributed by atoms with Crippen LogP contribution in [0.25, 0.3) is 10.8 Å². The highest BCUT2D eigenvalue weighted by Crippen LogP contribution is 2.24. The summed E-state index contributed by atoms with van der Waals surface area (Å²) in [5.41, 5.74) is 0.851. The summed E-state index contributed by atoms with van der Waals surface area (Å²) in [6.45, 7) is 0. The van der Waals surface area contributed by atoms with Crippen molar-refractivity contribution >= 4 is 29.1 Å². The van der Waals surface area contributed by atoms with Crippen LogP contribution in [0.4, 0.5) is 0 Å². The molecule has 0 aromatic carbocycles. The maximum absolute atomic E-state index is 10.3. The van der Waals surface area contributed by atoms with Gasteiger partial charge in [0.15, 0.2) is 0 Å². The predicted octanol–water partition coefficient (Wildman–Crippen LogP) is 3.11. The SMILES string of the molecule is O=C(O)CCSCc1coc(-c2cccs2)n1. The predicted molar refractivity (Wildman–Crippen MR) is 68.2 cm³/mol. The van der Waals surface area contributed by atoms with Crippen molar-refractivity contribution in [3.63, 3.8) is 0 Å². The lowest BCUT2D eigenvalue weighted by atomic mass is 10.5. The second-order valence-electron chi connectivity index (χ2n) is 3.32. The van der Waals surface area contributed by atoms with Gasteiger partial charge in [0.25, 0.3) is 0 Å². The van der Waals surface area contributed by atoms with E-state index < -0.39 is 5.97 Å². The summed E-state index contributed by atoms with van der Waals surface area (Å²) in [5, 5.41) is 10.5. The fourth-order valence-electron chi connectivity index (χ4n) is 1.22. The van der Waals surface area contributed by atoms with Crippen LogP contribution in [0.3, 0.4) is 0 Å². The number of hydrogen-bond donors (Lipinski definition) is 1. The molecular weight excluding hydrogens is 258 g/mol. The quantitative estimate of drug-likeness (QED) is 0.816. The summed E-state index contributed by atoms with van der Waals surface area (Å²) in [5.74, 6) is 1.14. The van der Waals surface area contributed by atoms with Gasteiger partial charge in [-0.05, 0) is 11.4 Å². The molecule has 0 unspecified atom stereocenters. The smallest absolute Gasteiger partial charge is 0.304 e. The van der Waals surface area contributed by atoms with E-state index in [2.05, 4.69) is 4.98 Å². The summed E-state index contributed by atoms with van der Waals surface area (Å²) in [6.07, 6.45) is 1.81. The number of thiophene rings is 1. The van der Waals surface area contributed by atoms with Crippen molar-refractivity contribution in [3.8, 4) is 10.8 Å². The van der Waals surface area contributed by atoms with E-state index in [1.54, 1.807) is 29.4 Å². The lowest BCUT2D eigenvalue weighted by Gasteiger charge is -1.94. The van der Waals surface area contributed by atoms with Gasteiger partial charge in [0, 0.05) is 11.5 Å². The number of carboxylic acids is 1. The molecule has 0 fully saturated rings. The molecule has 0 radical (unpaired) electrons. The molecule has 0 aliphatic rings. The number of thioether (sulfide) groups is 1. The van der Waals surface area contributed by atoms with Crippen molar-refractivity contribution in [1.82, 2.24) is 4.98 Å². The molecule has 0 spiro atoms. The summed E-state index contributed by atoms with van der Waals surface area (Å²) in [6, 6.07) is 3.91. The van der Waals surface area contributed by atoms with Crippen LogP contribution >= 0.6 is 23.1 Å². The molecule has 6 heteroatoms. The molecule has 2 rings (SSSR count). The summed E-state index contributed by atoms with van der Waals surface area (Å²) < 4.78 is 5.36. The first-order chi connectivity index (χ1) is 8.25. The van der Waals surface area contributed by atoms with Gasteiger partial charge in [0.05, 0.1) is 17.0 Å². The first kappa shape index (κ1) is 12.2. The van der Waals surface area contributed by atoms with Crippen molar-refractivity contribution in [2.24, 2.45) is 0 Å². The fraction of sp³-hybridized carbons (Fsp3) is 0.273. The molecule has 4 nitrogen and oxygen atoms in total. The van der Waals surface area contributed by atoms with Crippen LogP contribution in [0.15, 0.2) is 28.2 Å². The number of nitrogens with zero attached hydrogens (tertiary/aromatic N) is 1. The highest BCUT2D eigenvalue weighted by Gasteiger charge is 2.07. The maximum atomic E-state index is 10.3. The van der Waals surface area contributed by atoms with Gasteiger partial charge in [0.1, 0.15) is 6.26 Å². The van der Waals surface area contributed by atoms with Crippen LogP contribution in [-0.4, -0.2) is 21.8 Å². The lowest BCUT2D eigenvalue weighted by Crippen LogP contribution is -1.96. The van der Waals surface area contributed by atoms with Crippen LogP contribution < -0.4 is 0 Å². The van der Waals surface area contributed by atoms with Crippen molar-refractivity contribution in [1.29, 1.82) is 0 Å². The Morgan fingerprint density at radius 2 is 2.47 bits per heavy atom. The normalized spacial score (nSPS) is 10.6. The van der Waals surface area contributed by atoms with Gasteiger partial charge in [-0.15, -0.1) is 11.3 Å². The number of carbonyl (C=O) groups is 1. The van der Waals surface area contributed by atoms with Gasteiger partial charge in [0.2, 0.25) is 5.89 Å². The number of aromatic nitrogens is 1. The monoisotopic (exact) mass is 269 g/mol. The minimum absolute atomic E-state index is 0.181. The van der Waals surface area contributed by atoms with E-state index in [0.717, 1.165) is 10.6 Å². The van der Waals surface area contributed by atoms with Crippen molar-refractivity contribution < 1.29 is 14.3 Å². The van der Waals surface area contributed by atoms with Crippen LogP contribution in [0, 0.1) is 0 Å². The zero-order valence-corrected chi connectivity index (χ0v) is 10.6. The summed E-state index contributed by atoms with van der Waals surface area (Å²) in [7, 11) is 0. The zero-order chi connectivity index (χ0) is 12.1. The molecule has 0 aliphatic carbocycles. The first-order valence-electron chi connectivity index (χ1n) is 5.03. The van der Waals surface area contributed by atoms with E-state index in [0.29, 0.717) is 17.4 Å². The number of oxazole rings is 1. The molecule has 0 saturated carbocycles. The summed E-state index contributed by atoms with van der Waals surface area (Å²) >= 11 is 3.13. The molecule has 0 aliphatic heterocycles. The Morgan fingerprint density at radius 3 is 3.18 bits per heavy atom. The molecule has 0 amide bonds. The van der Waals surface area contributed by atoms with E-state index in [9.17, 15) is 4.79 Å². The average molecular weight is 269 g/mol. The molecule has 2 aromatic heterocycles. The number of carboxylic acid groups (broad SMARTS) is 1. The highest BCUT2D eigenvalue weighted by atomic mass is 32.2. The minimum atomic E-state index is -0.767. The van der Waals surface area contributed by atoms with Crippen LogP contribution in [-0.2, 0) is 10.5 Å². The topological polar surface area (TPSA) is 63.3 Å². The van der Waals surface area contributed by atoms with E-state index in [4.69, 9.17) is 9.52 Å². The number of aliphatic carboxylic acids is 1. The Labute approximate surface area is 107 Å². The van der Waals surface area contributed by atoms with Crippen molar-refractivity contribution in [2.45, 2.75) is 12.2 Å². The van der Waals surface area contributed by atoms with Gasteiger partial charge in [-0.3, -0.25) is 4.79 Å². The Hall–Kier alpha value is -1.27. The van der Waals surface area contributed by atoms with E-state index in [1.165, 1.54) is 0 Å². The Balaban J connectivity index is 1.84. The third-order valence-electron chi connectivity index (χ3n) is 1.99. The standard InChI is InChI=1S/C11H11NO3S2/c13-10(14)3-5-16-7-8-6-15-11(12-8)9-2-1-4-17-9/h1-2,4,6H,3,5,7H2,(H,13,14). The molecule has 1 N–H and O–H groups in total. The number of rotatable bonds is 6. The van der Waals surface area contributed by atoms with Crippen molar-refractivity contribution in [2.75, 3.05) is 5.75 Å². The third kappa shape index (κ3) is 3.61. The second-order valence-corrected chi connectivity index (χ2v) is 5.37. The van der Waals surface area contributed by atoms with Gasteiger partial charge in [-0.2, -0.15) is 11.8 Å². The third-order valence-corrected chi connectivity index (χ3v) is 3.84. The highest BCUT2D eigenvalue weighted by molar-refractivity contribution is 7.98. The molecule has 2 aromatic rings. The largest absolute Gasteiger partial charge is 0.481 e. The van der Waals surface area contributed by atoms with Crippen LogP contribution in [0.5, 0.6) is 0 Å². The Morgan fingerprint density at radius 1 is 1.59 bits per heavy atom. The second kappa shape index (κ2) is 5.88. The van der Waals surface area contributed by atoms with Gasteiger partial charge in [-0.1, -0.05) is 6.07 Å². The fourth-order valence-corrected chi connectivity index (χ4v) is 2.68.